The van der Waals surface area contributed by atoms with E-state index in [0.717, 1.165) is 30.3 Å². The molecule has 2 N–H and O–H groups in total. The highest BCUT2D eigenvalue weighted by Gasteiger charge is 2.32. The van der Waals surface area contributed by atoms with Crippen molar-refractivity contribution in [2.45, 2.75) is 37.8 Å². The largest absolute Gasteiger partial charge is 0.394 e. The van der Waals surface area contributed by atoms with Crippen LogP contribution in [0.5, 0.6) is 0 Å². The zero-order valence-corrected chi connectivity index (χ0v) is 11.5. The van der Waals surface area contributed by atoms with E-state index in [9.17, 15) is 14.7 Å². The van der Waals surface area contributed by atoms with Gasteiger partial charge in [0.1, 0.15) is 0 Å². The molecule has 1 aliphatic rings. The van der Waals surface area contributed by atoms with Crippen LogP contribution >= 0.6 is 0 Å². The fraction of sp³-hybridized carbons (Fsp3) is 0.692. The normalized spacial score (nSPS) is 17.8. The van der Waals surface area contributed by atoms with Gasteiger partial charge in [-0.15, -0.1) is 0 Å². The summed E-state index contributed by atoms with van der Waals surface area (Å²) < 4.78 is 2.51. The number of nitrogens with one attached hydrogen (secondary N) is 1. The third-order valence-corrected chi connectivity index (χ3v) is 4.03. The monoisotopic (exact) mass is 267 g/mol. The third-order valence-electron chi connectivity index (χ3n) is 4.03. The Morgan fingerprint density at radius 3 is 2.53 bits per heavy atom. The van der Waals surface area contributed by atoms with Crippen molar-refractivity contribution in [3.05, 3.63) is 32.6 Å². The van der Waals surface area contributed by atoms with Crippen LogP contribution in [0.2, 0.25) is 0 Å². The molecule has 0 unspecified atom stereocenters. The summed E-state index contributed by atoms with van der Waals surface area (Å²) in [7, 11) is 3.11. The minimum absolute atomic E-state index is 0.0824. The van der Waals surface area contributed by atoms with Gasteiger partial charge in [-0.25, -0.2) is 4.79 Å². The molecule has 0 bridgehead atoms. The zero-order chi connectivity index (χ0) is 14.0. The van der Waals surface area contributed by atoms with Gasteiger partial charge in [-0.3, -0.25) is 9.36 Å². The van der Waals surface area contributed by atoms with Gasteiger partial charge in [0.15, 0.2) is 0 Å². The summed E-state index contributed by atoms with van der Waals surface area (Å²) in [6.45, 7) is 0.459. The van der Waals surface area contributed by atoms with Gasteiger partial charge in [0.2, 0.25) is 0 Å². The summed E-state index contributed by atoms with van der Waals surface area (Å²) in [5.74, 6) is 0. The molecule has 2 rings (SSSR count). The van der Waals surface area contributed by atoms with Crippen LogP contribution in [0.4, 0.5) is 0 Å². The first kappa shape index (κ1) is 14.0. The zero-order valence-electron chi connectivity index (χ0n) is 11.5. The Hall–Kier alpha value is -1.40. The molecule has 19 heavy (non-hydrogen) atoms. The lowest BCUT2D eigenvalue weighted by Crippen LogP contribution is -2.47. The van der Waals surface area contributed by atoms with E-state index in [0.29, 0.717) is 12.1 Å². The molecule has 6 heteroatoms. The number of aliphatic hydroxyl groups is 1. The molecule has 1 aliphatic carbocycles. The van der Waals surface area contributed by atoms with Gasteiger partial charge < -0.3 is 15.0 Å². The predicted octanol–water partition coefficient (Wildman–Crippen LogP) is -0.521. The minimum atomic E-state index is -0.327. The number of hydrogen-bond acceptors (Lipinski definition) is 4. The molecule has 106 valence electrons. The minimum Gasteiger partial charge on any atom is -0.394 e. The summed E-state index contributed by atoms with van der Waals surface area (Å²) >= 11 is 0. The second-order valence-electron chi connectivity index (χ2n) is 5.41. The Balaban J connectivity index is 2.21. The Morgan fingerprint density at radius 1 is 1.32 bits per heavy atom. The topological polar surface area (TPSA) is 76.3 Å². The SMILES string of the molecule is Cn1cc(CNC2(CO)CCCC2)c(=O)n(C)c1=O. The number of hydrogen-bond donors (Lipinski definition) is 2. The first-order chi connectivity index (χ1) is 8.99. The molecule has 0 atom stereocenters. The Kier molecular flexibility index (Phi) is 3.91. The van der Waals surface area contributed by atoms with E-state index in [1.807, 2.05) is 0 Å². The number of aliphatic hydroxyl groups excluding tert-OH is 1. The molecule has 1 aromatic heterocycles. The first-order valence-corrected chi connectivity index (χ1v) is 6.60. The Labute approximate surface area is 111 Å². The standard InChI is InChI=1S/C13H21N3O3/c1-15-8-10(11(18)16(2)12(15)19)7-14-13(9-17)5-3-4-6-13/h8,14,17H,3-7,9H2,1-2H3. The summed E-state index contributed by atoms with van der Waals surface area (Å²) in [5.41, 5.74) is -0.322. The smallest absolute Gasteiger partial charge is 0.330 e. The van der Waals surface area contributed by atoms with Crippen molar-refractivity contribution in [1.82, 2.24) is 14.5 Å². The van der Waals surface area contributed by atoms with Crippen molar-refractivity contribution in [2.24, 2.45) is 14.1 Å². The van der Waals surface area contributed by atoms with Crippen LogP contribution in [0.1, 0.15) is 31.2 Å². The van der Waals surface area contributed by atoms with Gasteiger partial charge in [0.05, 0.1) is 6.61 Å². The second kappa shape index (κ2) is 5.30. The highest BCUT2D eigenvalue weighted by Crippen LogP contribution is 2.29. The highest BCUT2D eigenvalue weighted by molar-refractivity contribution is 5.07. The first-order valence-electron chi connectivity index (χ1n) is 6.60. The molecule has 0 saturated heterocycles. The molecular formula is C13H21N3O3. The van der Waals surface area contributed by atoms with E-state index in [-0.39, 0.29) is 23.4 Å². The van der Waals surface area contributed by atoms with Crippen molar-refractivity contribution >= 4 is 0 Å². The lowest BCUT2D eigenvalue weighted by Gasteiger charge is -2.28. The van der Waals surface area contributed by atoms with Crippen molar-refractivity contribution < 1.29 is 5.11 Å². The van der Waals surface area contributed by atoms with E-state index in [1.54, 1.807) is 13.2 Å². The van der Waals surface area contributed by atoms with Gasteiger partial charge >= 0.3 is 5.69 Å². The maximum Gasteiger partial charge on any atom is 0.330 e. The average Bonchev–Trinajstić information content (AvgIpc) is 2.88. The molecule has 0 aromatic carbocycles. The van der Waals surface area contributed by atoms with E-state index in [4.69, 9.17) is 0 Å². The van der Waals surface area contributed by atoms with Gasteiger partial charge in [0.25, 0.3) is 5.56 Å². The second-order valence-corrected chi connectivity index (χ2v) is 5.41. The summed E-state index contributed by atoms with van der Waals surface area (Å²) in [5, 5.41) is 12.8. The van der Waals surface area contributed by atoms with E-state index in [2.05, 4.69) is 5.32 Å². The Morgan fingerprint density at radius 2 is 1.95 bits per heavy atom. The number of nitrogens with zero attached hydrogens (tertiary/aromatic N) is 2. The quantitative estimate of drug-likeness (QED) is 0.769. The Bertz CT molecular complexity index is 567. The van der Waals surface area contributed by atoms with E-state index < -0.39 is 0 Å². The number of rotatable bonds is 4. The van der Waals surface area contributed by atoms with Crippen LogP contribution in [0.3, 0.4) is 0 Å². The number of aromatic nitrogens is 2. The van der Waals surface area contributed by atoms with Crippen LogP contribution in [-0.2, 0) is 20.6 Å². The van der Waals surface area contributed by atoms with Crippen LogP contribution in [0.15, 0.2) is 15.8 Å². The van der Waals surface area contributed by atoms with Gasteiger partial charge in [-0.2, -0.15) is 0 Å². The van der Waals surface area contributed by atoms with Crippen LogP contribution in [0, 0.1) is 0 Å². The maximum atomic E-state index is 12.0. The number of aryl methyl sites for hydroxylation is 1. The fourth-order valence-electron chi connectivity index (χ4n) is 2.73. The van der Waals surface area contributed by atoms with E-state index >= 15 is 0 Å². The molecule has 0 amide bonds. The summed E-state index contributed by atoms with van der Waals surface area (Å²) in [6, 6.07) is 0. The molecule has 6 nitrogen and oxygen atoms in total. The molecule has 1 heterocycles. The molecule has 0 aliphatic heterocycles. The average molecular weight is 267 g/mol. The highest BCUT2D eigenvalue weighted by atomic mass is 16.3. The van der Waals surface area contributed by atoms with Crippen LogP contribution in [-0.4, -0.2) is 26.4 Å². The predicted molar refractivity (Wildman–Crippen MR) is 72.0 cm³/mol. The molecule has 1 saturated carbocycles. The molecule has 0 spiro atoms. The van der Waals surface area contributed by atoms with Crippen LogP contribution in [0.25, 0.3) is 0 Å². The lowest BCUT2D eigenvalue weighted by atomic mass is 9.99. The molecule has 1 aromatic rings. The van der Waals surface area contributed by atoms with Gasteiger partial charge in [-0.05, 0) is 12.8 Å². The molecule has 0 radical (unpaired) electrons. The van der Waals surface area contributed by atoms with Gasteiger partial charge in [0, 0.05) is 37.9 Å². The fourth-order valence-corrected chi connectivity index (χ4v) is 2.73. The summed E-state index contributed by atoms with van der Waals surface area (Å²) in [6.07, 6.45) is 5.61. The van der Waals surface area contributed by atoms with Crippen molar-refractivity contribution in [1.29, 1.82) is 0 Å². The molecular weight excluding hydrogens is 246 g/mol. The van der Waals surface area contributed by atoms with Crippen molar-refractivity contribution in [3.8, 4) is 0 Å². The summed E-state index contributed by atoms with van der Waals surface area (Å²) in [4.78, 5) is 23.6. The van der Waals surface area contributed by atoms with Crippen molar-refractivity contribution in [3.63, 3.8) is 0 Å². The van der Waals surface area contributed by atoms with E-state index in [1.165, 1.54) is 11.6 Å². The van der Waals surface area contributed by atoms with Crippen molar-refractivity contribution in [2.75, 3.05) is 6.61 Å². The van der Waals surface area contributed by atoms with Gasteiger partial charge in [-0.1, -0.05) is 12.8 Å². The molecule has 1 fully saturated rings. The maximum absolute atomic E-state index is 12.0. The lowest BCUT2D eigenvalue weighted by molar-refractivity contribution is 0.162. The third kappa shape index (κ3) is 2.64. The van der Waals surface area contributed by atoms with Crippen LogP contribution < -0.4 is 16.6 Å².